The topological polar surface area (TPSA) is 129 Å². The number of benzene rings is 1. The van der Waals surface area contributed by atoms with Crippen molar-refractivity contribution in [1.82, 2.24) is 10.6 Å². The summed E-state index contributed by atoms with van der Waals surface area (Å²) in [6.45, 7) is 6.28. The Labute approximate surface area is 150 Å². The van der Waals surface area contributed by atoms with Crippen LogP contribution in [0.2, 0.25) is 0 Å². The molecule has 0 aromatic heterocycles. The van der Waals surface area contributed by atoms with Crippen LogP contribution in [0.25, 0.3) is 0 Å². The first-order chi connectivity index (χ1) is 12.2. The molecule has 0 aliphatic carbocycles. The molecule has 0 atom stereocenters. The minimum absolute atomic E-state index is 0.0915. The van der Waals surface area contributed by atoms with E-state index >= 15 is 0 Å². The number of hydrogen-bond donors (Lipinski definition) is 2. The lowest BCUT2D eigenvalue weighted by molar-refractivity contribution is -0.384. The fraction of sp³-hybridized carbons (Fsp3) is 0.500. The maximum Gasteiger partial charge on any atom is 0.412 e. The van der Waals surface area contributed by atoms with Gasteiger partial charge < -0.3 is 24.8 Å². The number of hydrogen-bond acceptors (Lipinski definition) is 7. The van der Waals surface area contributed by atoms with Crippen LogP contribution in [-0.4, -0.2) is 49.0 Å². The molecule has 0 fully saturated rings. The van der Waals surface area contributed by atoms with Crippen molar-refractivity contribution in [3.05, 3.63) is 34.4 Å². The van der Waals surface area contributed by atoms with Gasteiger partial charge in [0.1, 0.15) is 11.4 Å². The molecular formula is C16H23N3O7. The van der Waals surface area contributed by atoms with E-state index in [0.29, 0.717) is 0 Å². The molecule has 0 bridgehead atoms. The van der Waals surface area contributed by atoms with Gasteiger partial charge in [0.2, 0.25) is 0 Å². The maximum absolute atomic E-state index is 11.5. The van der Waals surface area contributed by atoms with Gasteiger partial charge in [0, 0.05) is 25.2 Å². The molecule has 1 rings (SSSR count). The van der Waals surface area contributed by atoms with E-state index in [-0.39, 0.29) is 37.7 Å². The third-order valence-electron chi connectivity index (χ3n) is 2.69. The number of non-ortho nitro benzene ring substituents is 1. The van der Waals surface area contributed by atoms with Crippen LogP contribution in [-0.2, 0) is 9.47 Å². The van der Waals surface area contributed by atoms with Crippen molar-refractivity contribution in [3.8, 4) is 5.75 Å². The number of carbonyl (C=O) groups is 2. The standard InChI is InChI=1S/C16H23N3O7/c1-16(2,3)26-15(21)18-9-11-24-10-8-17-14(20)25-13-6-4-12(5-7-13)19(22)23/h4-7H,8-11H2,1-3H3,(H,17,20)(H,18,21). The number of amides is 2. The van der Waals surface area contributed by atoms with Crippen LogP contribution >= 0.6 is 0 Å². The SMILES string of the molecule is CC(C)(C)OC(=O)NCCOCCNC(=O)Oc1ccc([N+](=O)[O-])cc1. The van der Waals surface area contributed by atoms with Crippen LogP contribution in [0.15, 0.2) is 24.3 Å². The van der Waals surface area contributed by atoms with E-state index in [0.717, 1.165) is 0 Å². The fourth-order valence-electron chi connectivity index (χ4n) is 1.65. The van der Waals surface area contributed by atoms with Crippen LogP contribution in [0.5, 0.6) is 5.75 Å². The Kier molecular flexibility index (Phi) is 8.29. The summed E-state index contributed by atoms with van der Waals surface area (Å²) in [7, 11) is 0. The van der Waals surface area contributed by atoms with E-state index in [1.807, 2.05) is 0 Å². The molecule has 144 valence electrons. The Morgan fingerprint density at radius 3 is 2.08 bits per heavy atom. The summed E-state index contributed by atoms with van der Waals surface area (Å²) >= 11 is 0. The van der Waals surface area contributed by atoms with Crippen LogP contribution < -0.4 is 15.4 Å². The average Bonchev–Trinajstić information content (AvgIpc) is 2.52. The molecule has 10 nitrogen and oxygen atoms in total. The molecule has 26 heavy (non-hydrogen) atoms. The molecule has 1 aromatic carbocycles. The van der Waals surface area contributed by atoms with Gasteiger partial charge in [-0.15, -0.1) is 0 Å². The lowest BCUT2D eigenvalue weighted by Gasteiger charge is -2.19. The number of nitro groups is 1. The van der Waals surface area contributed by atoms with Crippen molar-refractivity contribution >= 4 is 17.9 Å². The third-order valence-corrected chi connectivity index (χ3v) is 2.69. The third kappa shape index (κ3) is 9.42. The fourth-order valence-corrected chi connectivity index (χ4v) is 1.65. The quantitative estimate of drug-likeness (QED) is 0.408. The van der Waals surface area contributed by atoms with Gasteiger partial charge in [-0.2, -0.15) is 0 Å². The van der Waals surface area contributed by atoms with Crippen molar-refractivity contribution in [2.75, 3.05) is 26.3 Å². The number of nitro benzene ring substituents is 1. The van der Waals surface area contributed by atoms with E-state index in [9.17, 15) is 19.7 Å². The van der Waals surface area contributed by atoms with Crippen molar-refractivity contribution in [2.24, 2.45) is 0 Å². The second kappa shape index (κ2) is 10.2. The first-order valence-corrected chi connectivity index (χ1v) is 7.92. The minimum Gasteiger partial charge on any atom is -0.444 e. The smallest absolute Gasteiger partial charge is 0.412 e. The Hall–Kier alpha value is -2.88. The van der Waals surface area contributed by atoms with E-state index in [1.54, 1.807) is 20.8 Å². The van der Waals surface area contributed by atoms with E-state index in [1.165, 1.54) is 24.3 Å². The minimum atomic E-state index is -0.700. The second-order valence-electron chi connectivity index (χ2n) is 6.11. The maximum atomic E-state index is 11.5. The average molecular weight is 369 g/mol. The summed E-state index contributed by atoms with van der Waals surface area (Å²) in [5.74, 6) is 0.190. The number of nitrogens with one attached hydrogen (secondary N) is 2. The zero-order valence-electron chi connectivity index (χ0n) is 14.9. The molecule has 0 spiro atoms. The van der Waals surface area contributed by atoms with Crippen molar-refractivity contribution in [1.29, 1.82) is 0 Å². The molecule has 0 aliphatic rings. The molecular weight excluding hydrogens is 346 g/mol. The zero-order valence-corrected chi connectivity index (χ0v) is 14.9. The molecule has 2 amide bonds. The van der Waals surface area contributed by atoms with Crippen LogP contribution in [0.1, 0.15) is 20.8 Å². The molecule has 0 heterocycles. The number of ether oxygens (including phenoxy) is 3. The van der Waals surface area contributed by atoms with Gasteiger partial charge in [-0.3, -0.25) is 10.1 Å². The van der Waals surface area contributed by atoms with Gasteiger partial charge in [0.05, 0.1) is 18.1 Å². The van der Waals surface area contributed by atoms with Gasteiger partial charge in [-0.05, 0) is 32.9 Å². The summed E-state index contributed by atoms with van der Waals surface area (Å²) in [6.07, 6.45) is -1.22. The number of rotatable bonds is 8. The van der Waals surface area contributed by atoms with E-state index in [4.69, 9.17) is 14.2 Å². The van der Waals surface area contributed by atoms with Gasteiger partial charge in [0.25, 0.3) is 5.69 Å². The molecule has 0 aliphatic heterocycles. The number of alkyl carbamates (subject to hydrolysis) is 1. The van der Waals surface area contributed by atoms with Gasteiger partial charge >= 0.3 is 12.2 Å². The van der Waals surface area contributed by atoms with Crippen LogP contribution in [0, 0.1) is 10.1 Å². The summed E-state index contributed by atoms with van der Waals surface area (Å²) in [4.78, 5) is 32.9. The molecule has 2 N–H and O–H groups in total. The van der Waals surface area contributed by atoms with Crippen LogP contribution in [0.3, 0.4) is 0 Å². The Bertz CT molecular complexity index is 611. The monoisotopic (exact) mass is 369 g/mol. The normalized spacial score (nSPS) is 10.7. The summed E-state index contributed by atoms with van der Waals surface area (Å²) in [6, 6.07) is 5.14. The Morgan fingerprint density at radius 2 is 1.58 bits per heavy atom. The molecule has 0 radical (unpaired) electrons. The molecule has 1 aromatic rings. The van der Waals surface area contributed by atoms with Gasteiger partial charge in [0.15, 0.2) is 0 Å². The van der Waals surface area contributed by atoms with Crippen molar-refractivity contribution in [2.45, 2.75) is 26.4 Å². The largest absolute Gasteiger partial charge is 0.444 e. The van der Waals surface area contributed by atoms with Crippen molar-refractivity contribution in [3.63, 3.8) is 0 Å². The first-order valence-electron chi connectivity index (χ1n) is 7.92. The molecule has 0 unspecified atom stereocenters. The van der Waals surface area contributed by atoms with E-state index < -0.39 is 22.7 Å². The molecule has 0 saturated carbocycles. The van der Waals surface area contributed by atoms with E-state index in [2.05, 4.69) is 10.6 Å². The predicted octanol–water partition coefficient (Wildman–Crippen LogP) is 2.22. The predicted molar refractivity (Wildman–Crippen MR) is 92.2 cm³/mol. The summed E-state index contributed by atoms with van der Waals surface area (Å²) in [5, 5.41) is 15.5. The van der Waals surface area contributed by atoms with Gasteiger partial charge in [-0.1, -0.05) is 0 Å². The molecule has 10 heteroatoms. The lowest BCUT2D eigenvalue weighted by atomic mass is 10.2. The highest BCUT2D eigenvalue weighted by atomic mass is 16.6. The van der Waals surface area contributed by atoms with Gasteiger partial charge in [-0.25, -0.2) is 9.59 Å². The Morgan fingerprint density at radius 1 is 1.04 bits per heavy atom. The zero-order chi connectivity index (χ0) is 19.6. The lowest BCUT2D eigenvalue weighted by Crippen LogP contribution is -2.35. The first kappa shape index (κ1) is 21.2. The Balaban J connectivity index is 2.09. The van der Waals surface area contributed by atoms with Crippen LogP contribution in [0.4, 0.5) is 15.3 Å². The highest BCUT2D eigenvalue weighted by Gasteiger charge is 2.15. The number of carbonyl (C=O) groups excluding carboxylic acids is 2. The summed E-state index contributed by atoms with van der Waals surface area (Å²) in [5.41, 5.74) is -0.648. The summed E-state index contributed by atoms with van der Waals surface area (Å²) < 4.78 is 15.3. The molecule has 0 saturated heterocycles. The second-order valence-corrected chi connectivity index (χ2v) is 6.11. The number of nitrogens with zero attached hydrogens (tertiary/aromatic N) is 1. The van der Waals surface area contributed by atoms with Crippen molar-refractivity contribution < 1.29 is 28.7 Å². The highest BCUT2D eigenvalue weighted by Crippen LogP contribution is 2.17. The highest BCUT2D eigenvalue weighted by molar-refractivity contribution is 5.70.